The largest absolute Gasteiger partial charge is 0.379 e. The molecule has 0 aromatic carbocycles. The van der Waals surface area contributed by atoms with E-state index in [-0.39, 0.29) is 12.0 Å². The van der Waals surface area contributed by atoms with E-state index in [2.05, 4.69) is 10.2 Å². The highest BCUT2D eigenvalue weighted by Crippen LogP contribution is 2.19. The standard InChI is InChI=1S/C15H31N3O2/c1-13(2)20-11-3-8-17-15(19)12-18-9-5-14(4-7-16)6-10-18/h13-14H,3-12,16H2,1-2H3,(H,17,19). The van der Waals surface area contributed by atoms with E-state index in [1.54, 1.807) is 0 Å². The fourth-order valence-corrected chi connectivity index (χ4v) is 2.55. The van der Waals surface area contributed by atoms with Gasteiger partial charge in [0.05, 0.1) is 12.6 Å². The van der Waals surface area contributed by atoms with Gasteiger partial charge in [0.25, 0.3) is 0 Å². The quantitative estimate of drug-likeness (QED) is 0.620. The molecule has 1 heterocycles. The highest BCUT2D eigenvalue weighted by Gasteiger charge is 2.19. The molecule has 118 valence electrons. The van der Waals surface area contributed by atoms with Gasteiger partial charge in [-0.25, -0.2) is 0 Å². The molecule has 0 saturated carbocycles. The van der Waals surface area contributed by atoms with Crippen LogP contribution in [0.1, 0.15) is 39.5 Å². The van der Waals surface area contributed by atoms with Crippen LogP contribution in [0.3, 0.4) is 0 Å². The van der Waals surface area contributed by atoms with Gasteiger partial charge in [0.1, 0.15) is 0 Å². The third-order valence-corrected chi connectivity index (χ3v) is 3.74. The zero-order chi connectivity index (χ0) is 14.8. The van der Waals surface area contributed by atoms with Gasteiger partial charge in [-0.1, -0.05) is 0 Å². The molecule has 0 aromatic heterocycles. The molecule has 1 amide bonds. The van der Waals surface area contributed by atoms with Crippen LogP contribution in [-0.4, -0.2) is 56.2 Å². The van der Waals surface area contributed by atoms with Gasteiger partial charge >= 0.3 is 0 Å². The van der Waals surface area contributed by atoms with Gasteiger partial charge in [0, 0.05) is 13.2 Å². The molecule has 0 aliphatic carbocycles. The summed E-state index contributed by atoms with van der Waals surface area (Å²) in [6.45, 7) is 8.81. The van der Waals surface area contributed by atoms with Gasteiger partial charge < -0.3 is 15.8 Å². The summed E-state index contributed by atoms with van der Waals surface area (Å²) in [5, 5.41) is 2.96. The molecule has 0 aromatic rings. The lowest BCUT2D eigenvalue weighted by atomic mass is 9.94. The second kappa shape index (κ2) is 10.1. The minimum absolute atomic E-state index is 0.131. The molecule has 0 spiro atoms. The zero-order valence-corrected chi connectivity index (χ0v) is 13.1. The van der Waals surface area contributed by atoms with E-state index in [1.807, 2.05) is 13.8 Å². The van der Waals surface area contributed by atoms with Crippen molar-refractivity contribution < 1.29 is 9.53 Å². The molecular formula is C15H31N3O2. The Morgan fingerprint density at radius 1 is 1.40 bits per heavy atom. The topological polar surface area (TPSA) is 67.6 Å². The first kappa shape index (κ1) is 17.4. The number of likely N-dealkylation sites (tertiary alicyclic amines) is 1. The Morgan fingerprint density at radius 2 is 2.10 bits per heavy atom. The molecule has 0 radical (unpaired) electrons. The summed E-state index contributed by atoms with van der Waals surface area (Å²) < 4.78 is 5.44. The summed E-state index contributed by atoms with van der Waals surface area (Å²) in [5.74, 6) is 0.888. The smallest absolute Gasteiger partial charge is 0.234 e. The SMILES string of the molecule is CC(C)OCCCNC(=O)CN1CCC(CCN)CC1. The Bertz CT molecular complexity index is 264. The van der Waals surface area contributed by atoms with Crippen molar-refractivity contribution >= 4 is 5.91 Å². The van der Waals surface area contributed by atoms with Crippen molar-refractivity contribution in [3.8, 4) is 0 Å². The molecule has 1 aliphatic heterocycles. The zero-order valence-electron chi connectivity index (χ0n) is 13.1. The van der Waals surface area contributed by atoms with Gasteiger partial charge in [0.15, 0.2) is 0 Å². The van der Waals surface area contributed by atoms with E-state index in [0.717, 1.165) is 38.4 Å². The summed E-state index contributed by atoms with van der Waals surface area (Å²) in [4.78, 5) is 14.0. The van der Waals surface area contributed by atoms with Gasteiger partial charge in [-0.2, -0.15) is 0 Å². The number of nitrogens with two attached hydrogens (primary N) is 1. The average Bonchev–Trinajstić information content (AvgIpc) is 2.40. The second-order valence-electron chi connectivity index (χ2n) is 5.92. The summed E-state index contributed by atoms with van der Waals surface area (Å²) >= 11 is 0. The number of nitrogens with one attached hydrogen (secondary N) is 1. The molecule has 3 N–H and O–H groups in total. The van der Waals surface area contributed by atoms with Crippen LogP contribution in [0.5, 0.6) is 0 Å². The Kier molecular flexibility index (Phi) is 8.82. The van der Waals surface area contributed by atoms with E-state index in [9.17, 15) is 4.79 Å². The molecule has 1 saturated heterocycles. The van der Waals surface area contributed by atoms with Crippen LogP contribution in [-0.2, 0) is 9.53 Å². The van der Waals surface area contributed by atoms with E-state index < -0.39 is 0 Å². The van der Waals surface area contributed by atoms with Crippen LogP contribution in [0.2, 0.25) is 0 Å². The Labute approximate surface area is 123 Å². The van der Waals surface area contributed by atoms with Gasteiger partial charge in [-0.15, -0.1) is 0 Å². The van der Waals surface area contributed by atoms with Gasteiger partial charge in [0.2, 0.25) is 5.91 Å². The van der Waals surface area contributed by atoms with E-state index >= 15 is 0 Å². The van der Waals surface area contributed by atoms with Crippen molar-refractivity contribution in [2.75, 3.05) is 39.3 Å². The number of piperidine rings is 1. The molecular weight excluding hydrogens is 254 g/mol. The molecule has 5 heteroatoms. The van der Waals surface area contributed by atoms with Gasteiger partial charge in [-0.3, -0.25) is 9.69 Å². The monoisotopic (exact) mass is 285 g/mol. The van der Waals surface area contributed by atoms with Crippen LogP contribution in [0.15, 0.2) is 0 Å². The number of hydrogen-bond acceptors (Lipinski definition) is 4. The number of carbonyl (C=O) groups excluding carboxylic acids is 1. The Hall–Kier alpha value is -0.650. The minimum atomic E-state index is 0.131. The van der Waals surface area contributed by atoms with Crippen molar-refractivity contribution in [1.82, 2.24) is 10.2 Å². The van der Waals surface area contributed by atoms with Crippen molar-refractivity contribution in [3.63, 3.8) is 0 Å². The van der Waals surface area contributed by atoms with Gasteiger partial charge in [-0.05, 0) is 65.1 Å². The van der Waals surface area contributed by atoms with E-state index in [4.69, 9.17) is 10.5 Å². The van der Waals surface area contributed by atoms with Crippen LogP contribution >= 0.6 is 0 Å². The van der Waals surface area contributed by atoms with Crippen molar-refractivity contribution in [3.05, 3.63) is 0 Å². The normalized spacial score (nSPS) is 17.6. The molecule has 0 atom stereocenters. The van der Waals surface area contributed by atoms with Crippen LogP contribution in [0.25, 0.3) is 0 Å². The average molecular weight is 285 g/mol. The molecule has 5 nitrogen and oxygen atoms in total. The number of nitrogens with zero attached hydrogens (tertiary/aromatic N) is 1. The minimum Gasteiger partial charge on any atom is -0.379 e. The first-order chi connectivity index (χ1) is 9.61. The number of carbonyl (C=O) groups is 1. The summed E-state index contributed by atoms with van der Waals surface area (Å²) in [7, 11) is 0. The van der Waals surface area contributed by atoms with Crippen molar-refractivity contribution in [2.45, 2.75) is 45.6 Å². The van der Waals surface area contributed by atoms with Crippen LogP contribution < -0.4 is 11.1 Å². The third kappa shape index (κ3) is 7.82. The lowest BCUT2D eigenvalue weighted by Crippen LogP contribution is -2.42. The van der Waals surface area contributed by atoms with Crippen molar-refractivity contribution in [1.29, 1.82) is 0 Å². The lowest BCUT2D eigenvalue weighted by molar-refractivity contribution is -0.122. The molecule has 1 rings (SSSR count). The Morgan fingerprint density at radius 3 is 2.70 bits per heavy atom. The summed E-state index contributed by atoms with van der Waals surface area (Å²) in [6, 6.07) is 0. The van der Waals surface area contributed by atoms with Crippen LogP contribution in [0.4, 0.5) is 0 Å². The fraction of sp³-hybridized carbons (Fsp3) is 0.933. The number of rotatable bonds is 9. The molecule has 1 fully saturated rings. The Balaban J connectivity index is 2.02. The van der Waals surface area contributed by atoms with E-state index in [1.165, 1.54) is 12.8 Å². The maximum atomic E-state index is 11.8. The van der Waals surface area contributed by atoms with Crippen LogP contribution in [0, 0.1) is 5.92 Å². The number of ether oxygens (including phenoxy) is 1. The fourth-order valence-electron chi connectivity index (χ4n) is 2.55. The maximum absolute atomic E-state index is 11.8. The summed E-state index contributed by atoms with van der Waals surface area (Å²) in [6.07, 6.45) is 4.61. The molecule has 0 bridgehead atoms. The number of amides is 1. The molecule has 0 unspecified atom stereocenters. The number of hydrogen-bond donors (Lipinski definition) is 2. The first-order valence-corrected chi connectivity index (χ1v) is 7.92. The van der Waals surface area contributed by atoms with E-state index in [0.29, 0.717) is 19.7 Å². The molecule has 1 aliphatic rings. The summed E-state index contributed by atoms with van der Waals surface area (Å²) in [5.41, 5.74) is 5.58. The third-order valence-electron chi connectivity index (χ3n) is 3.74. The predicted molar refractivity (Wildman–Crippen MR) is 81.6 cm³/mol. The second-order valence-corrected chi connectivity index (χ2v) is 5.92. The predicted octanol–water partition coefficient (Wildman–Crippen LogP) is 0.979. The maximum Gasteiger partial charge on any atom is 0.234 e. The first-order valence-electron chi connectivity index (χ1n) is 7.92. The lowest BCUT2D eigenvalue weighted by Gasteiger charge is -2.31. The van der Waals surface area contributed by atoms with Crippen molar-refractivity contribution in [2.24, 2.45) is 11.7 Å². The highest BCUT2D eigenvalue weighted by atomic mass is 16.5. The molecule has 20 heavy (non-hydrogen) atoms. The highest BCUT2D eigenvalue weighted by molar-refractivity contribution is 5.77.